The minimum Gasteiger partial charge on any atom is -0.329 e. The van der Waals surface area contributed by atoms with Crippen molar-refractivity contribution in [2.24, 2.45) is 5.92 Å². The zero-order valence-electron chi connectivity index (χ0n) is 13.7. The van der Waals surface area contributed by atoms with Crippen LogP contribution in [0.3, 0.4) is 0 Å². The van der Waals surface area contributed by atoms with Crippen molar-refractivity contribution >= 4 is 17.4 Å². The molecule has 1 fully saturated rings. The van der Waals surface area contributed by atoms with Gasteiger partial charge in [-0.25, -0.2) is 9.78 Å². The average Bonchev–Trinajstić information content (AvgIpc) is 3.14. The van der Waals surface area contributed by atoms with Gasteiger partial charge in [-0.1, -0.05) is 20.8 Å². The van der Waals surface area contributed by atoms with Crippen molar-refractivity contribution in [2.75, 3.05) is 0 Å². The van der Waals surface area contributed by atoms with E-state index in [2.05, 4.69) is 38.0 Å². The monoisotopic (exact) mass is 309 g/mol. The molecule has 1 N–H and O–H groups in total. The van der Waals surface area contributed by atoms with Crippen LogP contribution in [0.1, 0.15) is 63.4 Å². The van der Waals surface area contributed by atoms with Gasteiger partial charge in [-0.05, 0) is 39.0 Å². The predicted octanol–water partition coefficient (Wildman–Crippen LogP) is 3.99. The van der Waals surface area contributed by atoms with Gasteiger partial charge in [-0.15, -0.1) is 11.3 Å². The molecule has 1 aromatic rings. The largest absolute Gasteiger partial charge is 0.329 e. The van der Waals surface area contributed by atoms with Crippen LogP contribution in [-0.4, -0.2) is 28.0 Å². The molecular weight excluding hydrogens is 282 g/mol. The number of thiazole rings is 1. The number of aryl methyl sites for hydroxylation is 1. The molecule has 1 heterocycles. The molecule has 0 saturated heterocycles. The molecular formula is C16H27N3OS. The molecule has 1 saturated carbocycles. The lowest BCUT2D eigenvalue weighted by atomic mass is 10.0. The van der Waals surface area contributed by atoms with Gasteiger partial charge in [0.2, 0.25) is 0 Å². The number of hydrogen-bond donors (Lipinski definition) is 1. The summed E-state index contributed by atoms with van der Waals surface area (Å²) in [6, 6.07) is 0.729. The Kier molecular flexibility index (Phi) is 5.25. The molecule has 0 aliphatic heterocycles. The first-order chi connectivity index (χ1) is 9.93. The number of nitrogens with zero attached hydrogens (tertiary/aromatic N) is 2. The van der Waals surface area contributed by atoms with Crippen LogP contribution in [0, 0.1) is 5.92 Å². The van der Waals surface area contributed by atoms with Crippen molar-refractivity contribution in [2.45, 2.75) is 72.0 Å². The van der Waals surface area contributed by atoms with E-state index >= 15 is 0 Å². The highest BCUT2D eigenvalue weighted by atomic mass is 32.1. The van der Waals surface area contributed by atoms with E-state index in [4.69, 9.17) is 0 Å². The lowest BCUT2D eigenvalue weighted by Gasteiger charge is -2.33. The van der Waals surface area contributed by atoms with Crippen LogP contribution in [0.4, 0.5) is 4.79 Å². The molecule has 1 aromatic heterocycles. The first-order valence-corrected chi connectivity index (χ1v) is 8.79. The Balaban J connectivity index is 2.01. The summed E-state index contributed by atoms with van der Waals surface area (Å²) in [5, 5.41) is 4.12. The van der Waals surface area contributed by atoms with Crippen LogP contribution in [0.2, 0.25) is 0 Å². The Morgan fingerprint density at radius 2 is 2.10 bits per heavy atom. The summed E-state index contributed by atoms with van der Waals surface area (Å²) in [4.78, 5) is 20.3. The Morgan fingerprint density at radius 1 is 1.43 bits per heavy atom. The van der Waals surface area contributed by atoms with Gasteiger partial charge in [0.1, 0.15) is 5.01 Å². The van der Waals surface area contributed by atoms with Crippen molar-refractivity contribution in [1.82, 2.24) is 15.2 Å². The third-order valence-electron chi connectivity index (χ3n) is 4.21. The van der Waals surface area contributed by atoms with Gasteiger partial charge in [0, 0.05) is 23.2 Å². The van der Waals surface area contributed by atoms with Gasteiger partial charge < -0.3 is 10.2 Å². The second-order valence-electron chi connectivity index (χ2n) is 6.31. The van der Waals surface area contributed by atoms with Crippen LogP contribution < -0.4 is 5.32 Å². The number of hydrogen-bond acceptors (Lipinski definition) is 3. The van der Waals surface area contributed by atoms with E-state index in [1.807, 2.05) is 18.0 Å². The van der Waals surface area contributed by atoms with Crippen LogP contribution in [-0.2, 0) is 6.42 Å². The first kappa shape index (κ1) is 16.3. The number of nitrogens with one attached hydrogen (secondary N) is 1. The molecule has 0 aromatic carbocycles. The van der Waals surface area contributed by atoms with E-state index < -0.39 is 0 Å². The van der Waals surface area contributed by atoms with Crippen LogP contribution in [0.5, 0.6) is 0 Å². The quantitative estimate of drug-likeness (QED) is 0.863. The SMILES string of the molecule is CCc1cnc([C@@H](C)NC(=O)N(C2CC2)[C@@H](C)C(C)C)s1. The summed E-state index contributed by atoms with van der Waals surface area (Å²) in [6.07, 6.45) is 5.18. The van der Waals surface area contributed by atoms with E-state index in [-0.39, 0.29) is 18.1 Å². The standard InChI is InChI=1S/C16H27N3OS/c1-6-14-9-17-15(21-14)11(4)18-16(20)19(13-7-8-13)12(5)10(2)3/h9-13H,6-8H2,1-5H3,(H,18,20)/t11-,12+/m1/s1. The summed E-state index contributed by atoms with van der Waals surface area (Å²) in [5.74, 6) is 0.471. The first-order valence-electron chi connectivity index (χ1n) is 7.97. The van der Waals surface area contributed by atoms with Crippen molar-refractivity contribution in [1.29, 1.82) is 0 Å². The minimum atomic E-state index is -0.0246. The van der Waals surface area contributed by atoms with Crippen molar-refractivity contribution in [3.63, 3.8) is 0 Å². The molecule has 118 valence electrons. The van der Waals surface area contributed by atoms with Gasteiger partial charge >= 0.3 is 6.03 Å². The van der Waals surface area contributed by atoms with E-state index in [0.29, 0.717) is 12.0 Å². The van der Waals surface area contributed by atoms with E-state index in [1.165, 1.54) is 4.88 Å². The molecule has 2 amide bonds. The summed E-state index contributed by atoms with van der Waals surface area (Å²) in [6.45, 7) is 10.6. The molecule has 2 rings (SSSR count). The number of urea groups is 1. The fourth-order valence-corrected chi connectivity index (χ4v) is 3.22. The van der Waals surface area contributed by atoms with E-state index in [0.717, 1.165) is 24.3 Å². The van der Waals surface area contributed by atoms with Crippen LogP contribution >= 0.6 is 11.3 Å². The number of carbonyl (C=O) groups excluding carboxylic acids is 1. The zero-order valence-corrected chi connectivity index (χ0v) is 14.5. The summed E-state index contributed by atoms with van der Waals surface area (Å²) < 4.78 is 0. The maximum atomic E-state index is 12.6. The van der Waals surface area contributed by atoms with Crippen molar-refractivity contribution in [3.8, 4) is 0 Å². The van der Waals surface area contributed by atoms with Crippen LogP contribution in [0.15, 0.2) is 6.20 Å². The van der Waals surface area contributed by atoms with Gasteiger partial charge in [0.05, 0.1) is 6.04 Å². The third kappa shape index (κ3) is 3.96. The Morgan fingerprint density at radius 3 is 2.57 bits per heavy atom. The van der Waals surface area contributed by atoms with Gasteiger partial charge in [0.25, 0.3) is 0 Å². The normalized spacial score (nSPS) is 17.6. The fourth-order valence-electron chi connectivity index (χ4n) is 2.36. The topological polar surface area (TPSA) is 45.2 Å². The Labute approximate surface area is 132 Å². The minimum absolute atomic E-state index is 0.0246. The molecule has 1 aliphatic rings. The predicted molar refractivity (Wildman–Crippen MR) is 87.6 cm³/mol. The highest BCUT2D eigenvalue weighted by Crippen LogP contribution is 2.31. The molecule has 0 unspecified atom stereocenters. The third-order valence-corrected chi connectivity index (χ3v) is 5.53. The maximum Gasteiger partial charge on any atom is 0.318 e. The van der Waals surface area contributed by atoms with Gasteiger partial charge in [-0.3, -0.25) is 0 Å². The summed E-state index contributed by atoms with van der Waals surface area (Å²) in [7, 11) is 0. The summed E-state index contributed by atoms with van der Waals surface area (Å²) >= 11 is 1.69. The smallest absolute Gasteiger partial charge is 0.318 e. The lowest BCUT2D eigenvalue weighted by Crippen LogP contribution is -2.48. The number of carbonyl (C=O) groups is 1. The molecule has 21 heavy (non-hydrogen) atoms. The molecule has 5 heteroatoms. The zero-order chi connectivity index (χ0) is 15.6. The lowest BCUT2D eigenvalue weighted by molar-refractivity contribution is 0.154. The molecule has 0 bridgehead atoms. The Hall–Kier alpha value is -1.10. The number of aromatic nitrogens is 1. The van der Waals surface area contributed by atoms with Gasteiger partial charge in [-0.2, -0.15) is 0 Å². The number of rotatable bonds is 6. The molecule has 2 atom stereocenters. The average molecular weight is 309 g/mol. The second kappa shape index (κ2) is 6.77. The fraction of sp³-hybridized carbons (Fsp3) is 0.750. The molecule has 1 aliphatic carbocycles. The highest BCUT2D eigenvalue weighted by molar-refractivity contribution is 7.11. The maximum absolute atomic E-state index is 12.6. The molecule has 4 nitrogen and oxygen atoms in total. The second-order valence-corrected chi connectivity index (χ2v) is 7.46. The molecule has 0 spiro atoms. The Bertz CT molecular complexity index is 482. The van der Waals surface area contributed by atoms with Crippen molar-refractivity contribution < 1.29 is 4.79 Å². The van der Waals surface area contributed by atoms with Crippen LogP contribution in [0.25, 0.3) is 0 Å². The van der Waals surface area contributed by atoms with Crippen molar-refractivity contribution in [3.05, 3.63) is 16.1 Å². The van der Waals surface area contributed by atoms with E-state index in [9.17, 15) is 4.79 Å². The highest BCUT2D eigenvalue weighted by Gasteiger charge is 2.37. The summed E-state index contributed by atoms with van der Waals surface area (Å²) in [5.41, 5.74) is 0. The van der Waals surface area contributed by atoms with Gasteiger partial charge in [0.15, 0.2) is 0 Å². The number of amides is 2. The molecule has 0 radical (unpaired) electrons. The van der Waals surface area contributed by atoms with E-state index in [1.54, 1.807) is 11.3 Å².